The average molecular weight is 260 g/mol. The third kappa shape index (κ3) is 3.35. The van der Waals surface area contributed by atoms with Gasteiger partial charge < -0.3 is 10.6 Å². The summed E-state index contributed by atoms with van der Waals surface area (Å²) in [7, 11) is 1.82. The number of anilines is 1. The van der Waals surface area contributed by atoms with Crippen LogP contribution in [0.15, 0.2) is 24.5 Å². The Morgan fingerprint density at radius 1 is 1.42 bits per heavy atom. The van der Waals surface area contributed by atoms with Crippen LogP contribution < -0.4 is 10.6 Å². The first-order valence-electron chi connectivity index (χ1n) is 5.99. The smallest absolute Gasteiger partial charge is 0.225 e. The largest absolute Gasteiger partial charge is 0.326 e. The van der Waals surface area contributed by atoms with Gasteiger partial charge in [-0.05, 0) is 48.2 Å². The summed E-state index contributed by atoms with van der Waals surface area (Å²) in [4.78, 5) is 11.6. The molecule has 7 heteroatoms. The van der Waals surface area contributed by atoms with Gasteiger partial charge in [0.25, 0.3) is 0 Å². The molecule has 2 aromatic rings. The summed E-state index contributed by atoms with van der Waals surface area (Å²) < 4.78 is 1.59. The van der Waals surface area contributed by atoms with E-state index < -0.39 is 0 Å². The molecular formula is C12H16N6O. The van der Waals surface area contributed by atoms with Crippen molar-refractivity contribution in [3.63, 3.8) is 0 Å². The molecule has 19 heavy (non-hydrogen) atoms. The Balaban J connectivity index is 2.09. The van der Waals surface area contributed by atoms with E-state index in [1.165, 1.54) is 6.33 Å². The Hall–Kier alpha value is -2.28. The van der Waals surface area contributed by atoms with E-state index in [1.54, 1.807) is 4.68 Å². The number of tetrazole rings is 1. The fourth-order valence-electron chi connectivity index (χ4n) is 1.72. The monoisotopic (exact) mass is 260 g/mol. The van der Waals surface area contributed by atoms with Gasteiger partial charge in [-0.2, -0.15) is 0 Å². The summed E-state index contributed by atoms with van der Waals surface area (Å²) in [6.45, 7) is 2.60. The highest BCUT2D eigenvalue weighted by molar-refractivity contribution is 5.91. The summed E-state index contributed by atoms with van der Waals surface area (Å²) in [5, 5.41) is 16.8. The van der Waals surface area contributed by atoms with E-state index in [-0.39, 0.29) is 5.91 Å². The molecule has 1 amide bonds. The average Bonchev–Trinajstić information content (AvgIpc) is 2.90. The first-order valence-corrected chi connectivity index (χ1v) is 5.99. The van der Waals surface area contributed by atoms with Gasteiger partial charge in [0.1, 0.15) is 6.33 Å². The van der Waals surface area contributed by atoms with Gasteiger partial charge in [0.05, 0.1) is 5.69 Å². The number of hydrogen-bond donors (Lipinski definition) is 2. The lowest BCUT2D eigenvalue weighted by Crippen LogP contribution is -2.18. The van der Waals surface area contributed by atoms with Crippen LogP contribution in [0.2, 0.25) is 0 Å². The van der Waals surface area contributed by atoms with Crippen molar-refractivity contribution >= 4 is 11.6 Å². The molecule has 1 aromatic heterocycles. The van der Waals surface area contributed by atoms with Crippen molar-refractivity contribution in [2.45, 2.75) is 13.3 Å². The predicted molar refractivity (Wildman–Crippen MR) is 71.1 cm³/mol. The maximum Gasteiger partial charge on any atom is 0.225 e. The van der Waals surface area contributed by atoms with Gasteiger partial charge >= 0.3 is 0 Å². The molecule has 0 saturated heterocycles. The van der Waals surface area contributed by atoms with Crippen LogP contribution in [0.25, 0.3) is 5.69 Å². The second-order valence-corrected chi connectivity index (χ2v) is 4.16. The van der Waals surface area contributed by atoms with Crippen molar-refractivity contribution in [1.29, 1.82) is 0 Å². The van der Waals surface area contributed by atoms with Crippen molar-refractivity contribution < 1.29 is 4.79 Å². The molecular weight excluding hydrogens is 244 g/mol. The summed E-state index contributed by atoms with van der Waals surface area (Å²) in [5.74, 6) is -0.0103. The maximum absolute atomic E-state index is 11.6. The number of nitrogens with one attached hydrogen (secondary N) is 2. The third-order valence-electron chi connectivity index (χ3n) is 2.68. The predicted octanol–water partition coefficient (Wildman–Crippen LogP) is 0.519. The minimum absolute atomic E-state index is 0.0103. The molecule has 0 fully saturated rings. The van der Waals surface area contributed by atoms with Gasteiger partial charge in [0.15, 0.2) is 0 Å². The van der Waals surface area contributed by atoms with E-state index in [0.717, 1.165) is 16.9 Å². The molecule has 0 spiro atoms. The van der Waals surface area contributed by atoms with Gasteiger partial charge in [0.2, 0.25) is 5.91 Å². The van der Waals surface area contributed by atoms with Gasteiger partial charge in [-0.15, -0.1) is 5.10 Å². The highest BCUT2D eigenvalue weighted by atomic mass is 16.1. The molecule has 2 rings (SSSR count). The van der Waals surface area contributed by atoms with E-state index in [9.17, 15) is 4.79 Å². The number of benzene rings is 1. The SMILES string of the molecule is CNCCC(=O)Nc1ccc(-n2cnnn2)c(C)c1. The number of amides is 1. The Bertz CT molecular complexity index is 551. The molecule has 2 N–H and O–H groups in total. The summed E-state index contributed by atoms with van der Waals surface area (Å²) in [5.41, 5.74) is 2.65. The highest BCUT2D eigenvalue weighted by Gasteiger charge is 2.06. The summed E-state index contributed by atoms with van der Waals surface area (Å²) in [6.07, 6.45) is 1.98. The number of nitrogens with zero attached hydrogens (tertiary/aromatic N) is 4. The van der Waals surface area contributed by atoms with Crippen LogP contribution in [-0.4, -0.2) is 39.7 Å². The molecule has 100 valence electrons. The van der Waals surface area contributed by atoms with Crippen LogP contribution in [0.4, 0.5) is 5.69 Å². The van der Waals surface area contributed by atoms with Gasteiger partial charge in [-0.1, -0.05) is 0 Å². The molecule has 0 radical (unpaired) electrons. The lowest BCUT2D eigenvalue weighted by atomic mass is 10.1. The van der Waals surface area contributed by atoms with Gasteiger partial charge in [0, 0.05) is 18.7 Å². The van der Waals surface area contributed by atoms with Crippen molar-refractivity contribution in [1.82, 2.24) is 25.5 Å². The Labute approximate surface area is 111 Å². The minimum atomic E-state index is -0.0103. The molecule has 1 aromatic carbocycles. The highest BCUT2D eigenvalue weighted by Crippen LogP contribution is 2.17. The lowest BCUT2D eigenvalue weighted by molar-refractivity contribution is -0.116. The fourth-order valence-corrected chi connectivity index (χ4v) is 1.72. The molecule has 0 aliphatic carbocycles. The zero-order valence-corrected chi connectivity index (χ0v) is 10.9. The molecule has 0 aliphatic heterocycles. The van der Waals surface area contributed by atoms with Crippen LogP contribution in [0.3, 0.4) is 0 Å². The molecule has 0 atom stereocenters. The number of aryl methyl sites for hydroxylation is 1. The van der Waals surface area contributed by atoms with Crippen LogP contribution in [0.1, 0.15) is 12.0 Å². The molecule has 0 bridgehead atoms. The van der Waals surface area contributed by atoms with Crippen LogP contribution in [0, 0.1) is 6.92 Å². The number of rotatable bonds is 5. The standard InChI is InChI=1S/C12H16N6O/c1-9-7-10(15-12(19)5-6-13-2)3-4-11(9)18-8-14-16-17-18/h3-4,7-8,13H,5-6H2,1-2H3,(H,15,19). The van der Waals surface area contributed by atoms with Crippen molar-refractivity contribution in [3.05, 3.63) is 30.1 Å². The van der Waals surface area contributed by atoms with E-state index >= 15 is 0 Å². The molecule has 1 heterocycles. The second-order valence-electron chi connectivity index (χ2n) is 4.16. The minimum Gasteiger partial charge on any atom is -0.326 e. The molecule has 7 nitrogen and oxygen atoms in total. The number of hydrogen-bond acceptors (Lipinski definition) is 5. The number of carbonyl (C=O) groups is 1. The van der Waals surface area contributed by atoms with Crippen LogP contribution in [-0.2, 0) is 4.79 Å². The van der Waals surface area contributed by atoms with Crippen LogP contribution >= 0.6 is 0 Å². The molecule has 0 unspecified atom stereocenters. The number of carbonyl (C=O) groups excluding carboxylic acids is 1. The summed E-state index contributed by atoms with van der Waals surface area (Å²) >= 11 is 0. The van der Waals surface area contributed by atoms with E-state index in [1.807, 2.05) is 32.2 Å². The zero-order valence-electron chi connectivity index (χ0n) is 10.9. The molecule has 0 saturated carbocycles. The van der Waals surface area contributed by atoms with E-state index in [2.05, 4.69) is 26.2 Å². The van der Waals surface area contributed by atoms with E-state index in [0.29, 0.717) is 13.0 Å². The van der Waals surface area contributed by atoms with Gasteiger partial charge in [-0.25, -0.2) is 4.68 Å². The first-order chi connectivity index (χ1) is 9.20. The first kappa shape index (κ1) is 13.2. The van der Waals surface area contributed by atoms with Gasteiger partial charge in [-0.3, -0.25) is 4.79 Å². The lowest BCUT2D eigenvalue weighted by Gasteiger charge is -2.09. The zero-order chi connectivity index (χ0) is 13.7. The normalized spacial score (nSPS) is 10.4. The quantitative estimate of drug-likeness (QED) is 0.818. The second kappa shape index (κ2) is 6.05. The van der Waals surface area contributed by atoms with Crippen molar-refractivity contribution in [2.24, 2.45) is 0 Å². The molecule has 0 aliphatic rings. The Kier molecular flexibility index (Phi) is 4.19. The topological polar surface area (TPSA) is 84.7 Å². The Morgan fingerprint density at radius 3 is 2.89 bits per heavy atom. The third-order valence-corrected chi connectivity index (χ3v) is 2.68. The Morgan fingerprint density at radius 2 is 2.26 bits per heavy atom. The maximum atomic E-state index is 11.6. The number of aromatic nitrogens is 4. The van der Waals surface area contributed by atoms with E-state index in [4.69, 9.17) is 0 Å². The van der Waals surface area contributed by atoms with Crippen molar-refractivity contribution in [2.75, 3.05) is 18.9 Å². The van der Waals surface area contributed by atoms with Crippen LogP contribution in [0.5, 0.6) is 0 Å². The van der Waals surface area contributed by atoms with Crippen molar-refractivity contribution in [3.8, 4) is 5.69 Å². The summed E-state index contributed by atoms with van der Waals surface area (Å²) in [6, 6.07) is 5.61. The fraction of sp³-hybridized carbons (Fsp3) is 0.333.